The minimum atomic E-state index is -0.188. The molecule has 118 valence electrons. The monoisotopic (exact) mass is 358 g/mol. The molecule has 0 saturated carbocycles. The Labute approximate surface area is 135 Å². The van der Waals surface area contributed by atoms with Gasteiger partial charge in [-0.25, -0.2) is 4.39 Å². The lowest BCUT2D eigenvalue weighted by Gasteiger charge is -2.32. The van der Waals surface area contributed by atoms with Crippen LogP contribution in [0.1, 0.15) is 18.4 Å². The summed E-state index contributed by atoms with van der Waals surface area (Å²) in [5.41, 5.74) is 1.16. The highest BCUT2D eigenvalue weighted by molar-refractivity contribution is 9.10. The maximum atomic E-state index is 13.1. The molecule has 0 atom stereocenters. The standard InChI is InChI=1S/C16H24BrFN2O/c1-21-9-6-19-11-13-4-7-20(8-5-13)12-14-2-3-15(18)10-16(14)17/h2-3,10,13,19H,4-9,11-12H2,1H3. The summed E-state index contributed by atoms with van der Waals surface area (Å²) >= 11 is 3.45. The molecule has 0 unspecified atom stereocenters. The molecule has 0 radical (unpaired) electrons. The Morgan fingerprint density at radius 2 is 2.14 bits per heavy atom. The average Bonchev–Trinajstić information content (AvgIpc) is 2.48. The zero-order valence-electron chi connectivity index (χ0n) is 12.6. The zero-order valence-corrected chi connectivity index (χ0v) is 14.2. The summed E-state index contributed by atoms with van der Waals surface area (Å²) in [5.74, 6) is 0.571. The van der Waals surface area contributed by atoms with E-state index in [4.69, 9.17) is 4.74 Å². The van der Waals surface area contributed by atoms with E-state index in [2.05, 4.69) is 26.1 Å². The first-order valence-corrected chi connectivity index (χ1v) is 8.34. The van der Waals surface area contributed by atoms with E-state index in [9.17, 15) is 4.39 Å². The van der Waals surface area contributed by atoms with Gasteiger partial charge < -0.3 is 10.1 Å². The number of benzene rings is 1. The molecule has 1 aliphatic rings. The number of ether oxygens (including phenoxy) is 1. The first-order chi connectivity index (χ1) is 10.2. The summed E-state index contributed by atoms with van der Waals surface area (Å²) < 4.78 is 19.0. The molecule has 5 heteroatoms. The van der Waals surface area contributed by atoms with Gasteiger partial charge in [0.1, 0.15) is 5.82 Å². The van der Waals surface area contributed by atoms with Gasteiger partial charge in [-0.1, -0.05) is 22.0 Å². The van der Waals surface area contributed by atoms with Crippen molar-refractivity contribution in [2.45, 2.75) is 19.4 Å². The van der Waals surface area contributed by atoms with Crippen molar-refractivity contribution in [2.75, 3.05) is 39.9 Å². The Hall–Kier alpha value is -0.490. The molecule has 0 aromatic heterocycles. The van der Waals surface area contributed by atoms with Crippen LogP contribution in [0.25, 0.3) is 0 Å². The largest absolute Gasteiger partial charge is 0.383 e. The van der Waals surface area contributed by atoms with Crippen LogP contribution < -0.4 is 5.32 Å². The molecule has 0 spiro atoms. The summed E-state index contributed by atoms with van der Waals surface area (Å²) in [7, 11) is 1.73. The van der Waals surface area contributed by atoms with Gasteiger partial charge in [0.25, 0.3) is 0 Å². The molecule has 2 rings (SSSR count). The van der Waals surface area contributed by atoms with Crippen molar-refractivity contribution in [3.05, 3.63) is 34.1 Å². The molecule has 3 nitrogen and oxygen atoms in total. The van der Waals surface area contributed by atoms with Crippen molar-refractivity contribution < 1.29 is 9.13 Å². The van der Waals surface area contributed by atoms with E-state index in [0.29, 0.717) is 0 Å². The third-order valence-corrected chi connectivity index (χ3v) is 4.77. The number of rotatable bonds is 7. The third-order valence-electron chi connectivity index (χ3n) is 4.03. The van der Waals surface area contributed by atoms with Crippen LogP contribution in [0, 0.1) is 11.7 Å². The van der Waals surface area contributed by atoms with E-state index in [-0.39, 0.29) is 5.82 Å². The molecule has 1 aromatic carbocycles. The Kier molecular flexibility index (Phi) is 7.10. The zero-order chi connectivity index (χ0) is 15.1. The van der Waals surface area contributed by atoms with Crippen molar-refractivity contribution in [1.82, 2.24) is 10.2 Å². The maximum absolute atomic E-state index is 13.1. The quantitative estimate of drug-likeness (QED) is 0.758. The molecule has 0 amide bonds. The fraction of sp³-hybridized carbons (Fsp3) is 0.625. The average molecular weight is 359 g/mol. The van der Waals surface area contributed by atoms with Crippen molar-refractivity contribution in [3.8, 4) is 0 Å². The number of hydrogen-bond acceptors (Lipinski definition) is 3. The first-order valence-electron chi connectivity index (χ1n) is 7.55. The molecule has 0 bridgehead atoms. The molecule has 0 aliphatic carbocycles. The number of nitrogens with zero attached hydrogens (tertiary/aromatic N) is 1. The summed E-state index contributed by atoms with van der Waals surface area (Å²) in [5, 5.41) is 3.44. The Balaban J connectivity index is 1.71. The third kappa shape index (κ3) is 5.66. The number of likely N-dealkylation sites (tertiary alicyclic amines) is 1. The van der Waals surface area contributed by atoms with Gasteiger partial charge in [0.15, 0.2) is 0 Å². The van der Waals surface area contributed by atoms with E-state index in [1.807, 2.05) is 6.07 Å². The van der Waals surface area contributed by atoms with Crippen LogP contribution in [-0.4, -0.2) is 44.8 Å². The summed E-state index contributed by atoms with van der Waals surface area (Å²) in [6, 6.07) is 4.95. The lowest BCUT2D eigenvalue weighted by Crippen LogP contribution is -2.37. The lowest BCUT2D eigenvalue weighted by molar-refractivity contribution is 0.168. The normalized spacial score (nSPS) is 17.3. The first kappa shape index (κ1) is 16.9. The molecule has 1 aromatic rings. The van der Waals surface area contributed by atoms with Gasteiger partial charge in [-0.2, -0.15) is 0 Å². The van der Waals surface area contributed by atoms with Gasteiger partial charge in [0.2, 0.25) is 0 Å². The van der Waals surface area contributed by atoms with Crippen LogP contribution in [0.2, 0.25) is 0 Å². The molecule has 1 N–H and O–H groups in total. The second-order valence-corrected chi connectivity index (χ2v) is 6.51. The van der Waals surface area contributed by atoms with Gasteiger partial charge in [-0.05, 0) is 56.1 Å². The summed E-state index contributed by atoms with van der Waals surface area (Å²) in [6.07, 6.45) is 2.44. The van der Waals surface area contributed by atoms with E-state index in [0.717, 1.165) is 55.3 Å². The molecular weight excluding hydrogens is 335 g/mol. The van der Waals surface area contributed by atoms with Crippen LogP contribution in [0.3, 0.4) is 0 Å². The fourth-order valence-corrected chi connectivity index (χ4v) is 3.20. The van der Waals surface area contributed by atoms with Crippen LogP contribution in [-0.2, 0) is 11.3 Å². The lowest BCUT2D eigenvalue weighted by atomic mass is 9.96. The molecule has 1 aliphatic heterocycles. The summed E-state index contributed by atoms with van der Waals surface area (Å²) in [6.45, 7) is 5.90. The molecule has 1 saturated heterocycles. The summed E-state index contributed by atoms with van der Waals surface area (Å²) in [4.78, 5) is 2.45. The van der Waals surface area contributed by atoms with E-state index in [1.165, 1.54) is 18.9 Å². The predicted octanol–water partition coefficient (Wildman–Crippen LogP) is 3.04. The number of hydrogen-bond donors (Lipinski definition) is 1. The van der Waals surface area contributed by atoms with E-state index >= 15 is 0 Å². The minimum Gasteiger partial charge on any atom is -0.383 e. The molecular formula is C16H24BrFN2O. The van der Waals surface area contributed by atoms with E-state index < -0.39 is 0 Å². The Morgan fingerprint density at radius 1 is 1.38 bits per heavy atom. The van der Waals surface area contributed by atoms with Crippen molar-refractivity contribution in [2.24, 2.45) is 5.92 Å². The maximum Gasteiger partial charge on any atom is 0.124 e. The number of halogens is 2. The Bertz CT molecular complexity index is 436. The predicted molar refractivity (Wildman–Crippen MR) is 86.8 cm³/mol. The Morgan fingerprint density at radius 3 is 2.81 bits per heavy atom. The molecule has 1 heterocycles. The van der Waals surface area contributed by atoms with Crippen LogP contribution in [0.5, 0.6) is 0 Å². The second-order valence-electron chi connectivity index (χ2n) is 5.65. The topological polar surface area (TPSA) is 24.5 Å². The fourth-order valence-electron chi connectivity index (χ4n) is 2.72. The molecule has 21 heavy (non-hydrogen) atoms. The highest BCUT2D eigenvalue weighted by Gasteiger charge is 2.19. The van der Waals surface area contributed by atoms with Gasteiger partial charge in [-0.15, -0.1) is 0 Å². The van der Waals surface area contributed by atoms with Gasteiger partial charge in [0, 0.05) is 24.7 Å². The minimum absolute atomic E-state index is 0.188. The van der Waals surface area contributed by atoms with Gasteiger partial charge in [-0.3, -0.25) is 4.90 Å². The van der Waals surface area contributed by atoms with Crippen LogP contribution in [0.4, 0.5) is 4.39 Å². The van der Waals surface area contributed by atoms with E-state index in [1.54, 1.807) is 13.2 Å². The molecule has 1 fully saturated rings. The highest BCUT2D eigenvalue weighted by Crippen LogP contribution is 2.23. The van der Waals surface area contributed by atoms with Gasteiger partial charge >= 0.3 is 0 Å². The second kappa shape index (κ2) is 8.83. The highest BCUT2D eigenvalue weighted by atomic mass is 79.9. The van der Waals surface area contributed by atoms with Crippen molar-refractivity contribution in [3.63, 3.8) is 0 Å². The van der Waals surface area contributed by atoms with Crippen LogP contribution >= 0.6 is 15.9 Å². The van der Waals surface area contributed by atoms with Crippen molar-refractivity contribution in [1.29, 1.82) is 0 Å². The number of methoxy groups -OCH3 is 1. The number of piperidine rings is 1. The van der Waals surface area contributed by atoms with Crippen LogP contribution in [0.15, 0.2) is 22.7 Å². The number of nitrogens with one attached hydrogen (secondary N) is 1. The SMILES string of the molecule is COCCNCC1CCN(Cc2ccc(F)cc2Br)CC1. The van der Waals surface area contributed by atoms with Gasteiger partial charge in [0.05, 0.1) is 6.61 Å². The smallest absolute Gasteiger partial charge is 0.124 e. The van der Waals surface area contributed by atoms with Crippen molar-refractivity contribution >= 4 is 15.9 Å².